The Morgan fingerprint density at radius 3 is 2.31 bits per heavy atom. The molecule has 2 nitrogen and oxygen atoms in total. The second-order valence-electron chi connectivity index (χ2n) is 4.08. The third kappa shape index (κ3) is 4.71. The number of carboxylic acid groups (broad SMARTS) is 1. The van der Waals surface area contributed by atoms with Crippen LogP contribution in [0.5, 0.6) is 0 Å². The van der Waals surface area contributed by atoms with Gasteiger partial charge in [0.1, 0.15) is 0 Å². The molecule has 0 unspecified atom stereocenters. The fourth-order valence-corrected chi connectivity index (χ4v) is 1.51. The van der Waals surface area contributed by atoms with Gasteiger partial charge in [0.15, 0.2) is 0 Å². The van der Waals surface area contributed by atoms with Crippen molar-refractivity contribution in [1.29, 1.82) is 0 Å². The lowest BCUT2D eigenvalue weighted by Crippen LogP contribution is -2.23. The molecular weight excluding hydrogens is 164 g/mol. The largest absolute Gasteiger partial charge is 0.481 e. The molecule has 0 saturated heterocycles. The van der Waals surface area contributed by atoms with E-state index in [1.165, 1.54) is 0 Å². The van der Waals surface area contributed by atoms with Gasteiger partial charge in [0.2, 0.25) is 0 Å². The molecule has 0 amide bonds. The molecule has 0 bridgehead atoms. The fourth-order valence-electron chi connectivity index (χ4n) is 1.51. The molecule has 0 aliphatic rings. The van der Waals surface area contributed by atoms with Gasteiger partial charge >= 0.3 is 5.97 Å². The lowest BCUT2D eigenvalue weighted by Gasteiger charge is -2.20. The van der Waals surface area contributed by atoms with Crippen molar-refractivity contribution in [3.63, 3.8) is 0 Å². The number of aliphatic carboxylic acids is 1. The van der Waals surface area contributed by atoms with Crippen LogP contribution in [0.3, 0.4) is 0 Å². The Kier molecular flexibility index (Phi) is 5.44. The smallest absolute Gasteiger partial charge is 0.306 e. The normalized spacial score (nSPS) is 15.4. The molecule has 0 aromatic heterocycles. The van der Waals surface area contributed by atoms with Gasteiger partial charge in [-0.15, -0.1) is 6.58 Å². The molecule has 0 aromatic carbocycles. The van der Waals surface area contributed by atoms with Crippen LogP contribution in [0.1, 0.15) is 33.6 Å². The van der Waals surface area contributed by atoms with E-state index in [2.05, 4.69) is 20.4 Å². The Bertz CT molecular complexity index is 173. The van der Waals surface area contributed by atoms with Crippen molar-refractivity contribution in [2.45, 2.75) is 33.6 Å². The zero-order valence-corrected chi connectivity index (χ0v) is 8.79. The van der Waals surface area contributed by atoms with Gasteiger partial charge in [-0.05, 0) is 24.7 Å². The number of hydrogen-bond acceptors (Lipinski definition) is 1. The van der Waals surface area contributed by atoms with Crippen LogP contribution in [0.15, 0.2) is 12.7 Å². The number of carboxylic acids is 1. The van der Waals surface area contributed by atoms with Gasteiger partial charge in [-0.3, -0.25) is 4.79 Å². The highest BCUT2D eigenvalue weighted by Gasteiger charge is 2.24. The minimum Gasteiger partial charge on any atom is -0.481 e. The quantitative estimate of drug-likeness (QED) is 0.644. The van der Waals surface area contributed by atoms with E-state index in [-0.39, 0.29) is 11.8 Å². The van der Waals surface area contributed by atoms with Crippen molar-refractivity contribution in [3.8, 4) is 0 Å². The van der Waals surface area contributed by atoms with E-state index in [4.69, 9.17) is 5.11 Å². The van der Waals surface area contributed by atoms with Gasteiger partial charge in [-0.1, -0.05) is 26.8 Å². The lowest BCUT2D eigenvalue weighted by atomic mass is 9.85. The van der Waals surface area contributed by atoms with Crippen molar-refractivity contribution in [2.75, 3.05) is 0 Å². The van der Waals surface area contributed by atoms with Gasteiger partial charge in [0.25, 0.3) is 0 Å². The first-order valence-corrected chi connectivity index (χ1v) is 4.82. The highest BCUT2D eigenvalue weighted by molar-refractivity contribution is 5.70. The molecule has 0 aliphatic heterocycles. The number of carbonyl (C=O) groups is 1. The van der Waals surface area contributed by atoms with E-state index in [1.807, 2.05) is 6.92 Å². The van der Waals surface area contributed by atoms with Crippen LogP contribution in [-0.2, 0) is 4.79 Å². The predicted molar refractivity (Wildman–Crippen MR) is 54.6 cm³/mol. The van der Waals surface area contributed by atoms with E-state index in [0.717, 1.165) is 12.8 Å². The Balaban J connectivity index is 4.22. The van der Waals surface area contributed by atoms with Crippen LogP contribution in [0.25, 0.3) is 0 Å². The third-order valence-corrected chi connectivity index (χ3v) is 2.27. The molecule has 76 valence electrons. The van der Waals surface area contributed by atoms with E-state index in [1.54, 1.807) is 6.08 Å². The van der Waals surface area contributed by atoms with Crippen molar-refractivity contribution < 1.29 is 9.90 Å². The van der Waals surface area contributed by atoms with Gasteiger partial charge in [0.05, 0.1) is 5.92 Å². The molecule has 0 fully saturated rings. The zero-order valence-electron chi connectivity index (χ0n) is 8.79. The minimum atomic E-state index is -0.678. The number of rotatable bonds is 6. The number of allylic oxidation sites excluding steroid dienone is 1. The van der Waals surface area contributed by atoms with Crippen LogP contribution < -0.4 is 0 Å². The van der Waals surface area contributed by atoms with Crippen LogP contribution in [0.4, 0.5) is 0 Å². The third-order valence-electron chi connectivity index (χ3n) is 2.27. The zero-order chi connectivity index (χ0) is 10.4. The molecule has 2 atom stereocenters. The lowest BCUT2D eigenvalue weighted by molar-refractivity contribution is -0.144. The molecule has 13 heavy (non-hydrogen) atoms. The molecule has 0 rings (SSSR count). The van der Waals surface area contributed by atoms with Gasteiger partial charge in [-0.25, -0.2) is 0 Å². The molecular formula is C11H20O2. The highest BCUT2D eigenvalue weighted by Crippen LogP contribution is 2.23. The minimum absolute atomic E-state index is 0.192. The van der Waals surface area contributed by atoms with Crippen molar-refractivity contribution in [1.82, 2.24) is 0 Å². The Hall–Kier alpha value is -0.790. The molecule has 0 aliphatic carbocycles. The topological polar surface area (TPSA) is 37.3 Å². The summed E-state index contributed by atoms with van der Waals surface area (Å²) in [6.45, 7) is 9.71. The van der Waals surface area contributed by atoms with Gasteiger partial charge in [0, 0.05) is 0 Å². The molecule has 1 N–H and O–H groups in total. The summed E-state index contributed by atoms with van der Waals surface area (Å²) in [6.07, 6.45) is 3.33. The highest BCUT2D eigenvalue weighted by atomic mass is 16.4. The summed E-state index contributed by atoms with van der Waals surface area (Å²) in [5, 5.41) is 8.98. The summed E-state index contributed by atoms with van der Waals surface area (Å²) in [4.78, 5) is 10.9. The number of hydrogen-bond donors (Lipinski definition) is 1. The molecule has 0 spiro atoms. The monoisotopic (exact) mass is 184 g/mol. The maximum absolute atomic E-state index is 10.9. The Labute approximate surface area is 80.7 Å². The molecule has 2 heteroatoms. The van der Waals surface area contributed by atoms with Crippen molar-refractivity contribution in [3.05, 3.63) is 12.7 Å². The van der Waals surface area contributed by atoms with E-state index >= 15 is 0 Å². The average molecular weight is 184 g/mol. The summed E-state index contributed by atoms with van der Waals surface area (Å²) < 4.78 is 0. The van der Waals surface area contributed by atoms with Gasteiger partial charge in [-0.2, -0.15) is 0 Å². The molecule has 0 saturated carbocycles. The Morgan fingerprint density at radius 2 is 2.00 bits per heavy atom. The first kappa shape index (κ1) is 12.2. The summed E-state index contributed by atoms with van der Waals surface area (Å²) in [5.41, 5.74) is 0. The van der Waals surface area contributed by atoms with Crippen LogP contribution in [0.2, 0.25) is 0 Å². The summed E-state index contributed by atoms with van der Waals surface area (Å²) in [7, 11) is 0. The standard InChI is InChI=1S/C11H20O2/c1-5-6-9(4)10(11(12)13)7-8(2)3/h5,8-10H,1,6-7H2,2-4H3,(H,12,13)/t9-,10+/m0/s1. The van der Waals surface area contributed by atoms with E-state index < -0.39 is 5.97 Å². The average Bonchev–Trinajstić information content (AvgIpc) is 1.99. The second kappa shape index (κ2) is 5.79. The van der Waals surface area contributed by atoms with Gasteiger partial charge < -0.3 is 5.11 Å². The predicted octanol–water partition coefficient (Wildman–Crippen LogP) is 2.95. The molecule has 0 aromatic rings. The molecule has 0 radical (unpaired) electrons. The van der Waals surface area contributed by atoms with Crippen molar-refractivity contribution in [2.24, 2.45) is 17.8 Å². The van der Waals surface area contributed by atoms with Crippen LogP contribution in [0, 0.1) is 17.8 Å². The van der Waals surface area contributed by atoms with E-state index in [0.29, 0.717) is 5.92 Å². The first-order valence-electron chi connectivity index (χ1n) is 4.82. The Morgan fingerprint density at radius 1 is 1.46 bits per heavy atom. The van der Waals surface area contributed by atoms with E-state index in [9.17, 15) is 4.79 Å². The SMILES string of the molecule is C=CC[C@H](C)[C@@H](CC(C)C)C(=O)O. The fraction of sp³-hybridized carbons (Fsp3) is 0.727. The van der Waals surface area contributed by atoms with Crippen LogP contribution >= 0.6 is 0 Å². The summed E-state index contributed by atoms with van der Waals surface area (Å²) in [5.74, 6) is -0.271. The summed E-state index contributed by atoms with van der Waals surface area (Å²) in [6, 6.07) is 0. The van der Waals surface area contributed by atoms with Crippen molar-refractivity contribution >= 4 is 5.97 Å². The molecule has 0 heterocycles. The maximum Gasteiger partial charge on any atom is 0.306 e. The second-order valence-corrected chi connectivity index (χ2v) is 4.08. The van der Waals surface area contributed by atoms with Crippen LogP contribution in [-0.4, -0.2) is 11.1 Å². The first-order chi connectivity index (χ1) is 5.99. The maximum atomic E-state index is 10.9. The summed E-state index contributed by atoms with van der Waals surface area (Å²) >= 11 is 0.